The van der Waals surface area contributed by atoms with Gasteiger partial charge in [-0.25, -0.2) is 8.42 Å². The van der Waals surface area contributed by atoms with Gasteiger partial charge in [-0.3, -0.25) is 9.78 Å². The van der Waals surface area contributed by atoms with Gasteiger partial charge in [-0.15, -0.1) is 0 Å². The van der Waals surface area contributed by atoms with E-state index < -0.39 is 9.84 Å². The monoisotopic (exact) mass is 374 g/mol. The number of sulfone groups is 1. The third-order valence-electron chi connectivity index (χ3n) is 4.61. The SMILES string of the molecule is COc1cccc(C(=O)N2CCC[C@H](c3ncccc3S(C)(=O)=O)C2)c1. The topological polar surface area (TPSA) is 76.6 Å². The molecule has 2 aromatic rings. The highest BCUT2D eigenvalue weighted by Crippen LogP contribution is 2.30. The van der Waals surface area contributed by atoms with Crippen LogP contribution in [-0.2, 0) is 9.84 Å². The molecule has 1 atom stereocenters. The number of carbonyl (C=O) groups is 1. The summed E-state index contributed by atoms with van der Waals surface area (Å²) >= 11 is 0. The van der Waals surface area contributed by atoms with Crippen LogP contribution in [-0.4, -0.2) is 50.7 Å². The van der Waals surface area contributed by atoms with Gasteiger partial charge in [-0.05, 0) is 43.2 Å². The Morgan fingerprint density at radius 2 is 2.08 bits per heavy atom. The lowest BCUT2D eigenvalue weighted by Crippen LogP contribution is -2.39. The Balaban J connectivity index is 1.85. The van der Waals surface area contributed by atoms with Crippen LogP contribution >= 0.6 is 0 Å². The van der Waals surface area contributed by atoms with Gasteiger partial charge in [0.15, 0.2) is 9.84 Å². The molecule has 0 radical (unpaired) electrons. The normalized spacial score (nSPS) is 17.8. The summed E-state index contributed by atoms with van der Waals surface area (Å²) in [4.78, 5) is 19.2. The number of piperidine rings is 1. The van der Waals surface area contributed by atoms with Gasteiger partial charge in [0.2, 0.25) is 0 Å². The molecule has 1 saturated heterocycles. The van der Waals surface area contributed by atoms with Crippen molar-refractivity contribution in [1.82, 2.24) is 9.88 Å². The van der Waals surface area contributed by atoms with Crippen LogP contribution in [0.1, 0.15) is 34.8 Å². The summed E-state index contributed by atoms with van der Waals surface area (Å²) < 4.78 is 29.3. The van der Waals surface area contributed by atoms with Crippen molar-refractivity contribution < 1.29 is 17.9 Å². The van der Waals surface area contributed by atoms with Crippen molar-refractivity contribution in [2.75, 3.05) is 26.5 Å². The van der Waals surface area contributed by atoms with Gasteiger partial charge in [0.25, 0.3) is 5.91 Å². The molecule has 3 rings (SSSR count). The van der Waals surface area contributed by atoms with Crippen LogP contribution in [0.4, 0.5) is 0 Å². The van der Waals surface area contributed by atoms with E-state index >= 15 is 0 Å². The van der Waals surface area contributed by atoms with E-state index in [1.165, 1.54) is 6.26 Å². The van der Waals surface area contributed by atoms with Gasteiger partial charge in [0, 0.05) is 37.0 Å². The summed E-state index contributed by atoms with van der Waals surface area (Å²) in [5, 5.41) is 0. The summed E-state index contributed by atoms with van der Waals surface area (Å²) in [6, 6.07) is 10.3. The number of carbonyl (C=O) groups excluding carboxylic acids is 1. The molecule has 0 spiro atoms. The zero-order chi connectivity index (χ0) is 18.7. The Bertz CT molecular complexity index is 911. The largest absolute Gasteiger partial charge is 0.497 e. The number of nitrogens with zero attached hydrogens (tertiary/aromatic N) is 2. The lowest BCUT2D eigenvalue weighted by atomic mass is 9.93. The first-order valence-electron chi connectivity index (χ1n) is 8.48. The third kappa shape index (κ3) is 3.88. The number of pyridine rings is 1. The molecule has 1 aliphatic rings. The molecule has 6 nitrogen and oxygen atoms in total. The predicted molar refractivity (Wildman–Crippen MR) is 98.2 cm³/mol. The predicted octanol–water partition coefficient (Wildman–Crippen LogP) is 2.51. The maximum atomic E-state index is 12.9. The molecule has 0 unspecified atom stereocenters. The molecule has 0 N–H and O–H groups in total. The second kappa shape index (κ2) is 7.45. The molecule has 2 heterocycles. The average Bonchev–Trinajstić information content (AvgIpc) is 2.67. The van der Waals surface area contributed by atoms with E-state index in [4.69, 9.17) is 4.74 Å². The van der Waals surface area contributed by atoms with Crippen LogP contribution in [0.15, 0.2) is 47.5 Å². The number of aromatic nitrogens is 1. The fourth-order valence-electron chi connectivity index (χ4n) is 3.35. The highest BCUT2D eigenvalue weighted by molar-refractivity contribution is 7.90. The fraction of sp³-hybridized carbons (Fsp3) is 0.368. The quantitative estimate of drug-likeness (QED) is 0.822. The van der Waals surface area contributed by atoms with E-state index in [0.717, 1.165) is 12.8 Å². The van der Waals surface area contributed by atoms with Crippen molar-refractivity contribution in [3.8, 4) is 5.75 Å². The van der Waals surface area contributed by atoms with Gasteiger partial charge in [0.05, 0.1) is 17.7 Å². The number of ether oxygens (including phenoxy) is 1. The lowest BCUT2D eigenvalue weighted by molar-refractivity contribution is 0.0704. The number of methoxy groups -OCH3 is 1. The van der Waals surface area contributed by atoms with Gasteiger partial charge in [0.1, 0.15) is 5.75 Å². The summed E-state index contributed by atoms with van der Waals surface area (Å²) in [5.74, 6) is 0.461. The Kier molecular flexibility index (Phi) is 5.27. The van der Waals surface area contributed by atoms with Crippen LogP contribution in [0, 0.1) is 0 Å². The molecular weight excluding hydrogens is 352 g/mol. The minimum absolute atomic E-state index is 0.0783. The minimum Gasteiger partial charge on any atom is -0.497 e. The van der Waals surface area contributed by atoms with Crippen molar-refractivity contribution in [2.24, 2.45) is 0 Å². The number of hydrogen-bond donors (Lipinski definition) is 0. The van der Waals surface area contributed by atoms with E-state index in [9.17, 15) is 13.2 Å². The van der Waals surface area contributed by atoms with E-state index in [1.807, 2.05) is 0 Å². The first kappa shape index (κ1) is 18.4. The maximum Gasteiger partial charge on any atom is 0.254 e. The second-order valence-electron chi connectivity index (χ2n) is 6.48. The summed E-state index contributed by atoms with van der Waals surface area (Å²) in [5.41, 5.74) is 1.12. The Morgan fingerprint density at radius 1 is 1.27 bits per heavy atom. The summed E-state index contributed by atoms with van der Waals surface area (Å²) in [6.45, 7) is 1.10. The van der Waals surface area contributed by atoms with Gasteiger partial charge >= 0.3 is 0 Å². The zero-order valence-electron chi connectivity index (χ0n) is 14.9. The number of rotatable bonds is 4. The van der Waals surface area contributed by atoms with Crippen LogP contribution < -0.4 is 4.74 Å². The molecule has 1 amide bonds. The highest BCUT2D eigenvalue weighted by Gasteiger charge is 2.29. The summed E-state index contributed by atoms with van der Waals surface area (Å²) in [6.07, 6.45) is 4.41. The average molecular weight is 374 g/mol. The van der Waals surface area contributed by atoms with Crippen molar-refractivity contribution in [2.45, 2.75) is 23.7 Å². The lowest BCUT2D eigenvalue weighted by Gasteiger charge is -2.33. The van der Waals surface area contributed by atoms with E-state index in [2.05, 4.69) is 4.98 Å². The fourth-order valence-corrected chi connectivity index (χ4v) is 4.27. The van der Waals surface area contributed by atoms with Crippen LogP contribution in [0.3, 0.4) is 0 Å². The standard InChI is InChI=1S/C19H22N2O4S/c1-25-16-8-3-6-14(12-16)19(22)21-11-5-7-15(13-21)18-17(26(2,23)24)9-4-10-20-18/h3-4,6,8-10,12,15H,5,7,11,13H2,1-2H3/t15-/m0/s1. The molecular formula is C19H22N2O4S. The molecule has 138 valence electrons. The van der Waals surface area contributed by atoms with Gasteiger partial charge in [-0.1, -0.05) is 6.07 Å². The number of likely N-dealkylation sites (tertiary alicyclic amines) is 1. The Labute approximate surface area is 153 Å². The molecule has 1 aromatic heterocycles. The van der Waals surface area contributed by atoms with Gasteiger partial charge in [-0.2, -0.15) is 0 Å². The molecule has 0 saturated carbocycles. The Hall–Kier alpha value is -2.41. The van der Waals surface area contributed by atoms with E-state index in [1.54, 1.807) is 54.6 Å². The molecule has 0 bridgehead atoms. The molecule has 0 aliphatic carbocycles. The van der Waals surface area contributed by atoms with Crippen molar-refractivity contribution in [3.63, 3.8) is 0 Å². The van der Waals surface area contributed by atoms with Crippen LogP contribution in [0.25, 0.3) is 0 Å². The zero-order valence-corrected chi connectivity index (χ0v) is 15.7. The summed E-state index contributed by atoms with van der Waals surface area (Å²) in [7, 11) is -1.80. The first-order valence-corrected chi connectivity index (χ1v) is 10.4. The van der Waals surface area contributed by atoms with E-state index in [-0.39, 0.29) is 16.7 Å². The number of hydrogen-bond acceptors (Lipinski definition) is 5. The van der Waals surface area contributed by atoms with Crippen LogP contribution in [0.5, 0.6) is 5.75 Å². The molecule has 26 heavy (non-hydrogen) atoms. The Morgan fingerprint density at radius 3 is 2.81 bits per heavy atom. The molecule has 7 heteroatoms. The van der Waals surface area contributed by atoms with Gasteiger partial charge < -0.3 is 9.64 Å². The second-order valence-corrected chi connectivity index (χ2v) is 8.47. The van der Waals surface area contributed by atoms with Crippen molar-refractivity contribution in [1.29, 1.82) is 0 Å². The molecule has 1 aliphatic heterocycles. The maximum absolute atomic E-state index is 12.9. The van der Waals surface area contributed by atoms with Crippen molar-refractivity contribution in [3.05, 3.63) is 53.9 Å². The number of amides is 1. The van der Waals surface area contributed by atoms with E-state index in [0.29, 0.717) is 30.1 Å². The third-order valence-corrected chi connectivity index (χ3v) is 5.76. The van der Waals surface area contributed by atoms with Crippen molar-refractivity contribution >= 4 is 15.7 Å². The number of benzene rings is 1. The van der Waals surface area contributed by atoms with Crippen LogP contribution in [0.2, 0.25) is 0 Å². The molecule has 1 fully saturated rings. The first-order chi connectivity index (χ1) is 12.4. The minimum atomic E-state index is -3.36. The highest BCUT2D eigenvalue weighted by atomic mass is 32.2. The smallest absolute Gasteiger partial charge is 0.254 e. The molecule has 1 aromatic carbocycles.